The molecule has 2 atom stereocenters. The number of benzene rings is 1. The Hall–Kier alpha value is -1.55. The number of hydrogen-bond donors (Lipinski definition) is 1. The summed E-state index contributed by atoms with van der Waals surface area (Å²) < 4.78 is 1.17. The van der Waals surface area contributed by atoms with Crippen molar-refractivity contribution in [3.05, 3.63) is 29.6 Å². The molecule has 0 bridgehead atoms. The van der Waals surface area contributed by atoms with Gasteiger partial charge in [-0.3, -0.25) is 0 Å². The topological polar surface area (TPSA) is 32.3 Å². The molecule has 2 fully saturated rings. The molecule has 2 amide bonds. The molecular formula is C16H18N2OS. The van der Waals surface area contributed by atoms with Gasteiger partial charge in [0.05, 0.1) is 10.4 Å². The second kappa shape index (κ2) is 4.77. The van der Waals surface area contributed by atoms with Crippen LogP contribution in [-0.2, 0) is 0 Å². The number of carbonyl (C=O) groups excluding carboxylic acids is 1. The zero-order valence-corrected chi connectivity index (χ0v) is 12.2. The van der Waals surface area contributed by atoms with Crippen LogP contribution in [-0.4, -0.2) is 23.5 Å². The molecule has 1 saturated carbocycles. The standard InChI is InChI=1S/C16H18N2OS/c19-16(18-10-12-4-1-2-7-14(12)18)17-13-6-3-5-11-8-9-20-15(11)13/h3,5-6,8-9,12,14H,1-2,4,7,10H2,(H,17,19)/t12-,14-/m0/s1. The van der Waals surface area contributed by atoms with E-state index in [1.807, 2.05) is 17.0 Å². The molecule has 4 heteroatoms. The number of thiophene rings is 1. The second-order valence-corrected chi connectivity index (χ2v) is 6.76. The lowest BCUT2D eigenvalue weighted by atomic mass is 9.77. The fourth-order valence-corrected chi connectivity index (χ4v) is 4.44. The van der Waals surface area contributed by atoms with Crippen molar-refractivity contribution in [2.24, 2.45) is 5.92 Å². The van der Waals surface area contributed by atoms with Gasteiger partial charge in [0.2, 0.25) is 0 Å². The van der Waals surface area contributed by atoms with Crippen LogP contribution in [0.1, 0.15) is 25.7 Å². The first-order valence-corrected chi connectivity index (χ1v) is 8.25. The molecule has 1 aliphatic carbocycles. The van der Waals surface area contributed by atoms with E-state index in [9.17, 15) is 4.79 Å². The van der Waals surface area contributed by atoms with Crippen molar-refractivity contribution in [1.29, 1.82) is 0 Å². The summed E-state index contributed by atoms with van der Waals surface area (Å²) in [6, 6.07) is 8.75. The van der Waals surface area contributed by atoms with E-state index in [0.717, 1.165) is 18.2 Å². The third-order valence-corrected chi connectivity index (χ3v) is 5.65. The molecule has 1 aliphatic heterocycles. The van der Waals surface area contributed by atoms with Crippen molar-refractivity contribution in [1.82, 2.24) is 4.90 Å². The Kier molecular flexibility index (Phi) is 2.91. The van der Waals surface area contributed by atoms with Gasteiger partial charge in [-0.05, 0) is 41.7 Å². The van der Waals surface area contributed by atoms with Gasteiger partial charge in [-0.15, -0.1) is 11.3 Å². The average Bonchev–Trinajstić information content (AvgIpc) is 2.89. The van der Waals surface area contributed by atoms with E-state index >= 15 is 0 Å². The van der Waals surface area contributed by atoms with Crippen LogP contribution < -0.4 is 5.32 Å². The number of fused-ring (bicyclic) bond motifs is 2. The van der Waals surface area contributed by atoms with Gasteiger partial charge in [-0.25, -0.2) is 4.79 Å². The molecular weight excluding hydrogens is 268 g/mol. The average molecular weight is 286 g/mol. The zero-order chi connectivity index (χ0) is 13.5. The first-order valence-electron chi connectivity index (χ1n) is 7.37. The molecule has 1 saturated heterocycles. The van der Waals surface area contributed by atoms with Crippen LogP contribution in [0, 0.1) is 5.92 Å². The molecule has 2 aliphatic rings. The highest BCUT2D eigenvalue weighted by molar-refractivity contribution is 7.17. The Morgan fingerprint density at radius 2 is 2.15 bits per heavy atom. The molecule has 0 spiro atoms. The Morgan fingerprint density at radius 1 is 1.25 bits per heavy atom. The summed E-state index contributed by atoms with van der Waals surface area (Å²) in [4.78, 5) is 14.5. The molecule has 4 rings (SSSR count). The molecule has 0 unspecified atom stereocenters. The predicted octanol–water partition coefficient (Wildman–Crippen LogP) is 4.31. The summed E-state index contributed by atoms with van der Waals surface area (Å²) in [5.74, 6) is 0.757. The number of likely N-dealkylation sites (tertiary alicyclic amines) is 1. The summed E-state index contributed by atoms with van der Waals surface area (Å²) in [5, 5.41) is 6.37. The Morgan fingerprint density at radius 3 is 3.05 bits per heavy atom. The quantitative estimate of drug-likeness (QED) is 0.832. The molecule has 1 N–H and O–H groups in total. The molecule has 104 valence electrons. The number of hydrogen-bond acceptors (Lipinski definition) is 2. The van der Waals surface area contributed by atoms with Gasteiger partial charge in [-0.1, -0.05) is 25.0 Å². The summed E-state index contributed by atoms with van der Waals surface area (Å²) in [6.07, 6.45) is 5.09. The van der Waals surface area contributed by atoms with Crippen LogP contribution in [0.4, 0.5) is 10.5 Å². The first-order chi connectivity index (χ1) is 9.83. The van der Waals surface area contributed by atoms with E-state index in [-0.39, 0.29) is 6.03 Å². The van der Waals surface area contributed by atoms with Gasteiger partial charge in [0.25, 0.3) is 0 Å². The Bertz CT molecular complexity index is 651. The normalized spacial score (nSPS) is 25.1. The SMILES string of the molecule is O=C(Nc1cccc2ccsc12)N1C[C@@H]2CCCC[C@@H]21. The van der Waals surface area contributed by atoms with Crippen molar-refractivity contribution in [3.63, 3.8) is 0 Å². The van der Waals surface area contributed by atoms with Crippen LogP contribution in [0.15, 0.2) is 29.6 Å². The summed E-state index contributed by atoms with van der Waals surface area (Å²) in [5.41, 5.74) is 0.946. The number of anilines is 1. The van der Waals surface area contributed by atoms with Gasteiger partial charge in [-0.2, -0.15) is 0 Å². The third kappa shape index (κ3) is 1.90. The largest absolute Gasteiger partial charge is 0.322 e. The fourth-order valence-electron chi connectivity index (χ4n) is 3.57. The number of carbonyl (C=O) groups is 1. The highest BCUT2D eigenvalue weighted by Crippen LogP contribution is 2.38. The van der Waals surface area contributed by atoms with E-state index in [4.69, 9.17) is 0 Å². The minimum absolute atomic E-state index is 0.0778. The first kappa shape index (κ1) is 12.2. The monoisotopic (exact) mass is 286 g/mol. The van der Waals surface area contributed by atoms with Crippen molar-refractivity contribution in [2.45, 2.75) is 31.7 Å². The lowest BCUT2D eigenvalue weighted by Gasteiger charge is -2.50. The highest BCUT2D eigenvalue weighted by Gasteiger charge is 2.42. The van der Waals surface area contributed by atoms with E-state index in [1.54, 1.807) is 11.3 Å². The summed E-state index contributed by atoms with van der Waals surface area (Å²) >= 11 is 1.68. The van der Waals surface area contributed by atoms with Gasteiger partial charge in [0.15, 0.2) is 0 Å². The Labute approximate surface area is 122 Å². The molecule has 0 radical (unpaired) electrons. The van der Waals surface area contributed by atoms with Crippen molar-refractivity contribution in [2.75, 3.05) is 11.9 Å². The molecule has 1 aromatic carbocycles. The number of rotatable bonds is 1. The van der Waals surface area contributed by atoms with E-state index < -0.39 is 0 Å². The molecule has 20 heavy (non-hydrogen) atoms. The van der Waals surface area contributed by atoms with E-state index in [1.165, 1.54) is 35.8 Å². The minimum Gasteiger partial charge on any atom is -0.321 e. The van der Waals surface area contributed by atoms with Gasteiger partial charge in [0, 0.05) is 12.6 Å². The molecule has 2 aromatic rings. The van der Waals surface area contributed by atoms with E-state index in [2.05, 4.69) is 22.8 Å². The third-order valence-electron chi connectivity index (χ3n) is 4.68. The zero-order valence-electron chi connectivity index (χ0n) is 11.3. The van der Waals surface area contributed by atoms with Crippen molar-refractivity contribution < 1.29 is 4.79 Å². The van der Waals surface area contributed by atoms with Crippen LogP contribution in [0.25, 0.3) is 10.1 Å². The van der Waals surface area contributed by atoms with Gasteiger partial charge < -0.3 is 10.2 Å². The molecule has 3 nitrogen and oxygen atoms in total. The van der Waals surface area contributed by atoms with Crippen LogP contribution >= 0.6 is 11.3 Å². The maximum absolute atomic E-state index is 12.4. The highest BCUT2D eigenvalue weighted by atomic mass is 32.1. The lowest BCUT2D eigenvalue weighted by molar-refractivity contribution is 0.0256. The lowest BCUT2D eigenvalue weighted by Crippen LogP contribution is -2.60. The Balaban J connectivity index is 1.51. The smallest absolute Gasteiger partial charge is 0.321 e. The maximum Gasteiger partial charge on any atom is 0.322 e. The molecule has 2 heterocycles. The summed E-state index contributed by atoms with van der Waals surface area (Å²) in [6.45, 7) is 0.941. The van der Waals surface area contributed by atoms with Crippen LogP contribution in [0.5, 0.6) is 0 Å². The predicted molar refractivity (Wildman–Crippen MR) is 83.3 cm³/mol. The minimum atomic E-state index is 0.0778. The second-order valence-electron chi connectivity index (χ2n) is 5.84. The number of urea groups is 1. The van der Waals surface area contributed by atoms with Crippen LogP contribution in [0.2, 0.25) is 0 Å². The van der Waals surface area contributed by atoms with Gasteiger partial charge in [0.1, 0.15) is 0 Å². The van der Waals surface area contributed by atoms with E-state index in [0.29, 0.717) is 6.04 Å². The number of nitrogens with one attached hydrogen (secondary N) is 1. The van der Waals surface area contributed by atoms with Crippen molar-refractivity contribution in [3.8, 4) is 0 Å². The number of nitrogens with zero attached hydrogens (tertiary/aromatic N) is 1. The summed E-state index contributed by atoms with van der Waals surface area (Å²) in [7, 11) is 0. The maximum atomic E-state index is 12.4. The van der Waals surface area contributed by atoms with Crippen molar-refractivity contribution >= 4 is 33.1 Å². The van der Waals surface area contributed by atoms with Gasteiger partial charge >= 0.3 is 6.03 Å². The number of amides is 2. The van der Waals surface area contributed by atoms with Crippen LogP contribution in [0.3, 0.4) is 0 Å². The molecule has 1 aromatic heterocycles. The fraction of sp³-hybridized carbons (Fsp3) is 0.438.